The molecule has 0 bridgehead atoms. The van der Waals surface area contributed by atoms with Gasteiger partial charge in [0, 0.05) is 30.4 Å². The molecule has 150 valence electrons. The first-order chi connectivity index (χ1) is 13.6. The Morgan fingerprint density at radius 1 is 1.18 bits per heavy atom. The summed E-state index contributed by atoms with van der Waals surface area (Å²) in [7, 11) is 0. The van der Waals surface area contributed by atoms with Gasteiger partial charge in [0.25, 0.3) is 0 Å². The van der Waals surface area contributed by atoms with Crippen LogP contribution in [0.1, 0.15) is 67.3 Å². The van der Waals surface area contributed by atoms with E-state index in [-0.39, 0.29) is 17.5 Å². The Labute approximate surface area is 164 Å². The fourth-order valence-electron chi connectivity index (χ4n) is 4.79. The zero-order chi connectivity index (χ0) is 19.5. The van der Waals surface area contributed by atoms with Gasteiger partial charge in [-0.1, -0.05) is 25.7 Å². The zero-order valence-corrected chi connectivity index (χ0v) is 16.0. The summed E-state index contributed by atoms with van der Waals surface area (Å²) in [6.45, 7) is 0.441. The van der Waals surface area contributed by atoms with E-state index in [9.17, 15) is 14.7 Å². The second kappa shape index (κ2) is 8.31. The minimum absolute atomic E-state index is 0.0941. The lowest BCUT2D eigenvalue weighted by atomic mass is 9.96. The first kappa shape index (κ1) is 18.9. The summed E-state index contributed by atoms with van der Waals surface area (Å²) in [5, 5.41) is 16.8. The molecule has 4 N–H and O–H groups in total. The predicted molar refractivity (Wildman–Crippen MR) is 106 cm³/mol. The maximum Gasteiger partial charge on any atom is 0.337 e. The Morgan fingerprint density at radius 3 is 2.61 bits per heavy atom. The average Bonchev–Trinajstić information content (AvgIpc) is 3.43. The Bertz CT molecular complexity index is 850. The van der Waals surface area contributed by atoms with Gasteiger partial charge in [-0.2, -0.15) is 0 Å². The highest BCUT2D eigenvalue weighted by atomic mass is 16.4. The SMILES string of the molecule is O=C(O)c1c[nH]c2nccc(CN[C@@H](C(=O)NC3CCCC3)C3CCCC3)c12. The third-order valence-electron chi connectivity index (χ3n) is 6.26. The number of carboxylic acid groups (broad SMARTS) is 1. The van der Waals surface area contributed by atoms with E-state index in [0.29, 0.717) is 29.5 Å². The largest absolute Gasteiger partial charge is 0.478 e. The third kappa shape index (κ3) is 3.90. The number of rotatable bonds is 7. The number of carbonyl (C=O) groups is 2. The van der Waals surface area contributed by atoms with Gasteiger partial charge < -0.3 is 20.7 Å². The molecule has 7 nitrogen and oxygen atoms in total. The van der Waals surface area contributed by atoms with E-state index in [0.717, 1.165) is 31.2 Å². The molecule has 4 rings (SSSR count). The molecule has 2 saturated carbocycles. The highest BCUT2D eigenvalue weighted by molar-refractivity contribution is 6.03. The fraction of sp³-hybridized carbons (Fsp3) is 0.571. The number of hydrogen-bond donors (Lipinski definition) is 4. The number of pyridine rings is 1. The Kier molecular flexibility index (Phi) is 5.62. The molecule has 0 aromatic carbocycles. The second-order valence-corrected chi connectivity index (χ2v) is 8.09. The third-order valence-corrected chi connectivity index (χ3v) is 6.26. The number of fused-ring (bicyclic) bond motifs is 1. The summed E-state index contributed by atoms with van der Waals surface area (Å²) < 4.78 is 0. The molecule has 2 aromatic heterocycles. The summed E-state index contributed by atoms with van der Waals surface area (Å²) in [4.78, 5) is 31.7. The molecule has 0 aliphatic heterocycles. The molecule has 0 unspecified atom stereocenters. The normalized spacial score (nSPS) is 19.3. The van der Waals surface area contributed by atoms with E-state index < -0.39 is 5.97 Å². The smallest absolute Gasteiger partial charge is 0.337 e. The summed E-state index contributed by atoms with van der Waals surface area (Å²) >= 11 is 0. The van der Waals surface area contributed by atoms with Crippen LogP contribution in [0, 0.1) is 5.92 Å². The van der Waals surface area contributed by atoms with Crippen LogP contribution in [0.5, 0.6) is 0 Å². The molecule has 28 heavy (non-hydrogen) atoms. The summed E-state index contributed by atoms with van der Waals surface area (Å²) in [6, 6.07) is 1.89. The molecule has 2 aromatic rings. The number of carbonyl (C=O) groups excluding carboxylic acids is 1. The van der Waals surface area contributed by atoms with Crippen LogP contribution in [0.3, 0.4) is 0 Å². The number of aromatic amines is 1. The molecule has 0 radical (unpaired) electrons. The van der Waals surface area contributed by atoms with Crippen molar-refractivity contribution in [2.45, 2.75) is 70.0 Å². The standard InChI is InChI=1S/C21H28N4O3/c26-20(25-15-7-3-4-8-15)18(13-5-1-2-6-13)23-11-14-9-10-22-19-17(14)16(12-24-19)21(27)28/h9-10,12-13,15,18,23H,1-8,11H2,(H,22,24)(H,25,26)(H,27,28)/t18-/m1/s1. The van der Waals surface area contributed by atoms with Gasteiger partial charge in [-0.05, 0) is 43.2 Å². The van der Waals surface area contributed by atoms with Gasteiger partial charge in [0.15, 0.2) is 0 Å². The van der Waals surface area contributed by atoms with Crippen LogP contribution in [0.2, 0.25) is 0 Å². The van der Waals surface area contributed by atoms with Crippen LogP contribution in [-0.2, 0) is 11.3 Å². The van der Waals surface area contributed by atoms with Gasteiger partial charge in [-0.3, -0.25) is 4.79 Å². The van der Waals surface area contributed by atoms with Gasteiger partial charge in [0.05, 0.1) is 11.6 Å². The van der Waals surface area contributed by atoms with Crippen LogP contribution in [0.25, 0.3) is 11.0 Å². The molecule has 0 spiro atoms. The van der Waals surface area contributed by atoms with Crippen LogP contribution in [0.15, 0.2) is 18.5 Å². The minimum Gasteiger partial charge on any atom is -0.478 e. The monoisotopic (exact) mass is 384 g/mol. The lowest BCUT2D eigenvalue weighted by molar-refractivity contribution is -0.125. The lowest BCUT2D eigenvalue weighted by Crippen LogP contribution is -2.50. The number of amides is 1. The Morgan fingerprint density at radius 2 is 1.89 bits per heavy atom. The summed E-state index contributed by atoms with van der Waals surface area (Å²) in [5.74, 6) is -0.549. The van der Waals surface area contributed by atoms with E-state index in [2.05, 4.69) is 20.6 Å². The number of nitrogens with one attached hydrogen (secondary N) is 3. The van der Waals surface area contributed by atoms with Gasteiger partial charge in [0.1, 0.15) is 5.65 Å². The molecule has 2 aliphatic rings. The van der Waals surface area contributed by atoms with Crippen molar-refractivity contribution >= 4 is 22.9 Å². The van der Waals surface area contributed by atoms with Crippen molar-refractivity contribution in [3.8, 4) is 0 Å². The molecule has 2 heterocycles. The number of nitrogens with zero attached hydrogens (tertiary/aromatic N) is 1. The van der Waals surface area contributed by atoms with Crippen molar-refractivity contribution in [2.75, 3.05) is 0 Å². The molecule has 0 saturated heterocycles. The topological polar surface area (TPSA) is 107 Å². The lowest BCUT2D eigenvalue weighted by Gasteiger charge is -2.26. The van der Waals surface area contributed by atoms with Crippen LogP contribution in [-0.4, -0.2) is 39.0 Å². The highest BCUT2D eigenvalue weighted by Crippen LogP contribution is 2.29. The summed E-state index contributed by atoms with van der Waals surface area (Å²) in [6.07, 6.45) is 12.1. The van der Waals surface area contributed by atoms with Crippen LogP contribution < -0.4 is 10.6 Å². The van der Waals surface area contributed by atoms with Gasteiger partial charge in [-0.25, -0.2) is 9.78 Å². The van der Waals surface area contributed by atoms with Crippen LogP contribution >= 0.6 is 0 Å². The second-order valence-electron chi connectivity index (χ2n) is 8.09. The number of hydrogen-bond acceptors (Lipinski definition) is 4. The number of carboxylic acids is 1. The van der Waals surface area contributed by atoms with Crippen molar-refractivity contribution in [3.05, 3.63) is 29.6 Å². The average molecular weight is 384 g/mol. The molecule has 1 atom stereocenters. The number of aromatic carboxylic acids is 1. The molecule has 2 aliphatic carbocycles. The molecule has 7 heteroatoms. The predicted octanol–water partition coefficient (Wildman–Crippen LogP) is 2.97. The number of H-pyrrole nitrogens is 1. The van der Waals surface area contributed by atoms with E-state index in [4.69, 9.17) is 0 Å². The van der Waals surface area contributed by atoms with Gasteiger partial charge in [-0.15, -0.1) is 0 Å². The minimum atomic E-state index is -0.980. The van der Waals surface area contributed by atoms with Crippen molar-refractivity contribution in [3.63, 3.8) is 0 Å². The number of aromatic nitrogens is 2. The van der Waals surface area contributed by atoms with E-state index in [1.807, 2.05) is 6.07 Å². The quantitative estimate of drug-likeness (QED) is 0.587. The maximum absolute atomic E-state index is 13.0. The zero-order valence-electron chi connectivity index (χ0n) is 16.0. The van der Waals surface area contributed by atoms with E-state index >= 15 is 0 Å². The Hall–Kier alpha value is -2.41. The first-order valence-corrected chi connectivity index (χ1v) is 10.4. The maximum atomic E-state index is 13.0. The molecular formula is C21H28N4O3. The summed E-state index contributed by atoms with van der Waals surface area (Å²) in [5.41, 5.74) is 1.62. The van der Waals surface area contributed by atoms with Gasteiger partial charge >= 0.3 is 5.97 Å². The van der Waals surface area contributed by atoms with Crippen LogP contribution in [0.4, 0.5) is 0 Å². The Balaban J connectivity index is 1.52. The fourth-order valence-corrected chi connectivity index (χ4v) is 4.79. The van der Waals surface area contributed by atoms with Crippen molar-refractivity contribution in [2.24, 2.45) is 5.92 Å². The van der Waals surface area contributed by atoms with Crippen molar-refractivity contribution in [1.29, 1.82) is 0 Å². The molecular weight excluding hydrogens is 356 g/mol. The molecule has 1 amide bonds. The highest BCUT2D eigenvalue weighted by Gasteiger charge is 2.32. The van der Waals surface area contributed by atoms with E-state index in [1.165, 1.54) is 31.9 Å². The first-order valence-electron chi connectivity index (χ1n) is 10.4. The van der Waals surface area contributed by atoms with Crippen molar-refractivity contribution < 1.29 is 14.7 Å². The van der Waals surface area contributed by atoms with Gasteiger partial charge in [0.2, 0.25) is 5.91 Å². The molecule has 2 fully saturated rings. The van der Waals surface area contributed by atoms with E-state index in [1.54, 1.807) is 6.20 Å². The van der Waals surface area contributed by atoms with Crippen molar-refractivity contribution in [1.82, 2.24) is 20.6 Å².